The minimum Gasteiger partial charge on any atom is -0.370 e. The summed E-state index contributed by atoms with van der Waals surface area (Å²) in [5, 5.41) is 15.9. The van der Waals surface area contributed by atoms with E-state index in [2.05, 4.69) is 21.4 Å². The lowest BCUT2D eigenvalue weighted by Gasteiger charge is -2.28. The van der Waals surface area contributed by atoms with Crippen molar-refractivity contribution in [1.82, 2.24) is 15.1 Å². The van der Waals surface area contributed by atoms with Crippen LogP contribution in [0.5, 0.6) is 0 Å². The van der Waals surface area contributed by atoms with E-state index in [1.165, 1.54) is 23.2 Å². The first-order valence-electron chi connectivity index (χ1n) is 13.8. The number of nitrogens with one attached hydrogen (secondary N) is 1. The Morgan fingerprint density at radius 2 is 1.73 bits per heavy atom. The molecule has 1 N–H and O–H groups in total. The molecule has 2 aromatic carbocycles. The number of hydrogen-bond donors (Lipinski definition) is 1. The second kappa shape index (κ2) is 12.3. The van der Waals surface area contributed by atoms with Crippen LogP contribution in [0.4, 0.5) is 14.5 Å². The molecule has 0 spiro atoms. The van der Waals surface area contributed by atoms with Gasteiger partial charge in [0.2, 0.25) is 5.91 Å². The summed E-state index contributed by atoms with van der Waals surface area (Å²) in [5.41, 5.74) is 2.63. The molecule has 1 aliphatic heterocycles. The van der Waals surface area contributed by atoms with Gasteiger partial charge in [0.15, 0.2) is 5.82 Å². The standard InChI is InChI=1S/C19H17F2N3OS.C11H16N2O/c20-16-3-6-19(18(21)11-16)24-13-15(12-22-24)14-1-4-17(5-2-14)23-7-9-26(25)10-8-23;12-8-11(6-7-11)13-10(14)9-4-2-1-3-5-9/h1-6,11-13H,7-10H2;9H,1-7H2,(H,13,14). The summed E-state index contributed by atoms with van der Waals surface area (Å²) >= 11 is 0. The van der Waals surface area contributed by atoms with E-state index >= 15 is 0 Å². The van der Waals surface area contributed by atoms with E-state index < -0.39 is 28.0 Å². The number of hydrogen-bond acceptors (Lipinski definition) is 5. The molecule has 2 saturated carbocycles. The van der Waals surface area contributed by atoms with Crippen LogP contribution in [0.3, 0.4) is 0 Å². The number of nitrogens with zero attached hydrogens (tertiary/aromatic N) is 4. The maximum atomic E-state index is 13.9. The Balaban J connectivity index is 0.000000194. The van der Waals surface area contributed by atoms with Crippen LogP contribution in [-0.4, -0.2) is 50.0 Å². The Morgan fingerprint density at radius 1 is 1.02 bits per heavy atom. The van der Waals surface area contributed by atoms with Crippen LogP contribution in [0, 0.1) is 28.9 Å². The maximum absolute atomic E-state index is 13.9. The summed E-state index contributed by atoms with van der Waals surface area (Å²) in [6.45, 7) is 1.60. The number of aromatic nitrogens is 2. The molecule has 1 aromatic heterocycles. The van der Waals surface area contributed by atoms with Crippen molar-refractivity contribution in [2.75, 3.05) is 29.5 Å². The van der Waals surface area contributed by atoms with E-state index in [1.54, 1.807) is 12.4 Å². The molecule has 40 heavy (non-hydrogen) atoms. The maximum Gasteiger partial charge on any atom is 0.224 e. The number of nitriles is 1. The number of halogens is 2. The normalized spacial score (nSPS) is 18.8. The van der Waals surface area contributed by atoms with E-state index in [1.807, 2.05) is 24.3 Å². The Labute approximate surface area is 235 Å². The van der Waals surface area contributed by atoms with Crippen molar-refractivity contribution in [2.45, 2.75) is 50.5 Å². The minimum atomic E-state index is -0.695. The number of benzene rings is 2. The molecule has 6 rings (SSSR count). The van der Waals surface area contributed by atoms with Gasteiger partial charge < -0.3 is 10.2 Å². The molecule has 10 heteroatoms. The average molecular weight is 566 g/mol. The molecule has 0 bridgehead atoms. The highest BCUT2D eigenvalue weighted by molar-refractivity contribution is 7.85. The third kappa shape index (κ3) is 6.76. The van der Waals surface area contributed by atoms with Gasteiger partial charge in [-0.25, -0.2) is 13.5 Å². The third-order valence-electron chi connectivity index (χ3n) is 7.79. The Bertz CT molecular complexity index is 1400. The molecular weight excluding hydrogens is 532 g/mol. The molecular formula is C30H33F2N5O2S. The molecule has 3 aromatic rings. The van der Waals surface area contributed by atoms with Crippen LogP contribution in [0.25, 0.3) is 16.8 Å². The van der Waals surface area contributed by atoms with Gasteiger partial charge in [-0.3, -0.25) is 9.00 Å². The number of carbonyl (C=O) groups is 1. The summed E-state index contributed by atoms with van der Waals surface area (Å²) < 4.78 is 39.8. The van der Waals surface area contributed by atoms with Gasteiger partial charge in [0.05, 0.1) is 12.3 Å². The zero-order valence-corrected chi connectivity index (χ0v) is 23.1. The van der Waals surface area contributed by atoms with E-state index in [-0.39, 0.29) is 17.5 Å². The van der Waals surface area contributed by atoms with Crippen molar-refractivity contribution in [3.63, 3.8) is 0 Å². The molecule has 3 aliphatic rings. The molecule has 1 amide bonds. The summed E-state index contributed by atoms with van der Waals surface area (Å²) in [4.78, 5) is 14.0. The molecule has 2 aliphatic carbocycles. The highest BCUT2D eigenvalue weighted by atomic mass is 32.2. The number of amides is 1. The van der Waals surface area contributed by atoms with Gasteiger partial charge in [-0.15, -0.1) is 0 Å². The van der Waals surface area contributed by atoms with Crippen molar-refractivity contribution in [3.8, 4) is 22.9 Å². The summed E-state index contributed by atoms with van der Waals surface area (Å²) in [7, 11) is -0.695. The van der Waals surface area contributed by atoms with Crippen molar-refractivity contribution >= 4 is 22.4 Å². The first-order valence-corrected chi connectivity index (χ1v) is 15.3. The summed E-state index contributed by atoms with van der Waals surface area (Å²) in [5.74, 6) is 0.432. The molecule has 0 unspecified atom stereocenters. The monoisotopic (exact) mass is 565 g/mol. The predicted octanol–water partition coefficient (Wildman–Crippen LogP) is 5.13. The molecule has 210 valence electrons. The molecule has 0 radical (unpaired) electrons. The number of anilines is 1. The largest absolute Gasteiger partial charge is 0.370 e. The highest BCUT2D eigenvalue weighted by Crippen LogP contribution is 2.35. The van der Waals surface area contributed by atoms with Gasteiger partial charge in [0.1, 0.15) is 17.0 Å². The van der Waals surface area contributed by atoms with Crippen LogP contribution in [0.2, 0.25) is 0 Å². The second-order valence-corrected chi connectivity index (χ2v) is 12.4. The first-order chi connectivity index (χ1) is 19.4. The van der Waals surface area contributed by atoms with Crippen molar-refractivity contribution in [2.24, 2.45) is 5.92 Å². The van der Waals surface area contributed by atoms with Gasteiger partial charge >= 0.3 is 0 Å². The Kier molecular flexibility index (Phi) is 8.60. The molecule has 7 nitrogen and oxygen atoms in total. The third-order valence-corrected chi connectivity index (χ3v) is 9.06. The fraction of sp³-hybridized carbons (Fsp3) is 0.433. The average Bonchev–Trinajstić information content (AvgIpc) is 3.58. The lowest BCUT2D eigenvalue weighted by Crippen LogP contribution is -2.40. The lowest BCUT2D eigenvalue weighted by atomic mass is 9.88. The predicted molar refractivity (Wildman–Crippen MR) is 151 cm³/mol. The van der Waals surface area contributed by atoms with Crippen LogP contribution in [0.1, 0.15) is 44.9 Å². The fourth-order valence-corrected chi connectivity index (χ4v) is 6.18. The smallest absolute Gasteiger partial charge is 0.224 e. The van der Waals surface area contributed by atoms with Crippen LogP contribution >= 0.6 is 0 Å². The number of rotatable bonds is 5. The van der Waals surface area contributed by atoms with Gasteiger partial charge in [0.25, 0.3) is 0 Å². The van der Waals surface area contributed by atoms with Gasteiger partial charge in [-0.05, 0) is 55.5 Å². The Hall–Kier alpha value is -3.58. The van der Waals surface area contributed by atoms with Gasteiger partial charge in [0, 0.05) is 64.8 Å². The SMILES string of the molecule is N#CC1(NC(=O)C2CCCCC2)CC1.O=S1CCN(c2ccc(-c3cnn(-c4ccc(F)cc4F)c3)cc2)CC1. The van der Waals surface area contributed by atoms with Crippen molar-refractivity contribution in [3.05, 3.63) is 66.5 Å². The van der Waals surface area contributed by atoms with Crippen LogP contribution in [0.15, 0.2) is 54.9 Å². The molecule has 3 fully saturated rings. The minimum absolute atomic E-state index is 0.115. The topological polar surface area (TPSA) is 91.0 Å². The van der Waals surface area contributed by atoms with Crippen molar-refractivity contribution in [1.29, 1.82) is 5.26 Å². The van der Waals surface area contributed by atoms with Gasteiger partial charge in [-0.2, -0.15) is 10.4 Å². The second-order valence-electron chi connectivity index (χ2n) is 10.7. The molecule has 1 saturated heterocycles. The highest BCUT2D eigenvalue weighted by Gasteiger charge is 2.45. The van der Waals surface area contributed by atoms with Crippen molar-refractivity contribution < 1.29 is 17.8 Å². The summed E-state index contributed by atoms with van der Waals surface area (Å²) in [6.07, 6.45) is 10.6. The molecule has 0 atom stereocenters. The van der Waals surface area contributed by atoms with E-state index in [9.17, 15) is 17.8 Å². The fourth-order valence-electron chi connectivity index (χ4n) is 5.12. The quantitative estimate of drug-likeness (QED) is 0.464. The van der Waals surface area contributed by atoms with E-state index in [4.69, 9.17) is 5.26 Å². The molecule has 2 heterocycles. The zero-order valence-electron chi connectivity index (χ0n) is 22.3. The zero-order chi connectivity index (χ0) is 28.1. The van der Waals surface area contributed by atoms with Crippen LogP contribution in [-0.2, 0) is 15.6 Å². The Morgan fingerprint density at radius 3 is 2.35 bits per heavy atom. The first kappa shape index (κ1) is 28.0. The van der Waals surface area contributed by atoms with E-state index in [0.29, 0.717) is 11.5 Å². The number of carbonyl (C=O) groups excluding carboxylic acids is 1. The van der Waals surface area contributed by atoms with E-state index in [0.717, 1.165) is 74.5 Å². The summed E-state index contributed by atoms with van der Waals surface area (Å²) in [6, 6.07) is 13.6. The van der Waals surface area contributed by atoms with Gasteiger partial charge in [-0.1, -0.05) is 31.4 Å². The lowest BCUT2D eigenvalue weighted by molar-refractivity contribution is -0.126. The van der Waals surface area contributed by atoms with Crippen LogP contribution < -0.4 is 10.2 Å².